The third-order valence-corrected chi connectivity index (χ3v) is 19.8. The van der Waals surface area contributed by atoms with E-state index in [4.69, 9.17) is 37.0 Å². The Labute approximate surface area is 581 Å². The first-order valence-electron chi connectivity index (χ1n) is 39.2. The van der Waals surface area contributed by atoms with Crippen molar-refractivity contribution in [3.8, 4) is 0 Å². The van der Waals surface area contributed by atoms with E-state index in [1.807, 2.05) is 0 Å². The summed E-state index contributed by atoms with van der Waals surface area (Å²) in [5, 5.41) is 10.6. The van der Waals surface area contributed by atoms with Crippen LogP contribution in [0.3, 0.4) is 0 Å². The van der Waals surface area contributed by atoms with E-state index in [2.05, 4.69) is 55.4 Å². The molecule has 19 heteroatoms. The molecule has 3 N–H and O–H groups in total. The Bertz CT molecular complexity index is 1870. The molecule has 0 fully saturated rings. The van der Waals surface area contributed by atoms with Crippen LogP contribution in [-0.4, -0.2) is 96.7 Å². The van der Waals surface area contributed by atoms with Crippen LogP contribution in [0.1, 0.15) is 383 Å². The lowest BCUT2D eigenvalue weighted by molar-refractivity contribution is -0.161. The van der Waals surface area contributed by atoms with Crippen molar-refractivity contribution in [3.05, 3.63) is 0 Å². The number of unbranched alkanes of at least 4 members (excludes halogenated alkanes) is 38. The second kappa shape index (κ2) is 65.4. The van der Waals surface area contributed by atoms with Gasteiger partial charge in [-0.3, -0.25) is 37.3 Å². The third kappa shape index (κ3) is 69.0. The van der Waals surface area contributed by atoms with Gasteiger partial charge in [-0.25, -0.2) is 9.13 Å². The number of esters is 4. The maximum absolute atomic E-state index is 13.1. The first kappa shape index (κ1) is 93.1. The van der Waals surface area contributed by atoms with Gasteiger partial charge >= 0.3 is 39.5 Å². The average Bonchev–Trinajstić information content (AvgIpc) is 1.51. The third-order valence-electron chi connectivity index (χ3n) is 17.9. The lowest BCUT2D eigenvalue weighted by Crippen LogP contribution is -2.30. The number of aliphatic hydroxyl groups excluding tert-OH is 1. The van der Waals surface area contributed by atoms with Gasteiger partial charge in [-0.15, -0.1) is 0 Å². The van der Waals surface area contributed by atoms with Gasteiger partial charge in [0.1, 0.15) is 19.3 Å². The smallest absolute Gasteiger partial charge is 0.462 e. The number of phosphoric ester groups is 2. The van der Waals surface area contributed by atoms with Gasteiger partial charge in [0.25, 0.3) is 0 Å². The molecule has 17 nitrogen and oxygen atoms in total. The molecule has 0 aliphatic heterocycles. The largest absolute Gasteiger partial charge is 0.472 e. The minimum Gasteiger partial charge on any atom is -0.462 e. The van der Waals surface area contributed by atoms with Crippen LogP contribution in [0.2, 0.25) is 0 Å². The Morgan fingerprint density at radius 3 is 0.747 bits per heavy atom. The highest BCUT2D eigenvalue weighted by Gasteiger charge is 2.30. The lowest BCUT2D eigenvalue weighted by atomic mass is 10.00. The Morgan fingerprint density at radius 1 is 0.295 bits per heavy atom. The quantitative estimate of drug-likeness (QED) is 0.0222. The van der Waals surface area contributed by atoms with Gasteiger partial charge < -0.3 is 33.8 Å². The van der Waals surface area contributed by atoms with Crippen LogP contribution in [0.5, 0.6) is 0 Å². The molecule has 564 valence electrons. The number of carbonyl (C=O) groups excluding carboxylic acids is 4. The number of phosphoric acid groups is 2. The summed E-state index contributed by atoms with van der Waals surface area (Å²) in [6, 6.07) is 0. The van der Waals surface area contributed by atoms with Crippen molar-refractivity contribution < 1.29 is 80.2 Å². The number of rotatable bonds is 73. The molecule has 3 unspecified atom stereocenters. The molecule has 0 aromatic heterocycles. The minimum absolute atomic E-state index is 0.105. The molecule has 0 aromatic rings. The van der Waals surface area contributed by atoms with Gasteiger partial charge in [0, 0.05) is 25.7 Å². The summed E-state index contributed by atoms with van der Waals surface area (Å²) < 4.78 is 68.5. The summed E-state index contributed by atoms with van der Waals surface area (Å²) >= 11 is 0. The second-order valence-electron chi connectivity index (χ2n) is 29.1. The van der Waals surface area contributed by atoms with E-state index < -0.39 is 97.5 Å². The number of carbonyl (C=O) groups is 4. The van der Waals surface area contributed by atoms with E-state index in [0.717, 1.165) is 120 Å². The van der Waals surface area contributed by atoms with Crippen LogP contribution >= 0.6 is 15.6 Å². The number of ether oxygens (including phenoxy) is 4. The molecule has 0 bridgehead atoms. The molecule has 0 aromatic carbocycles. The molecule has 95 heavy (non-hydrogen) atoms. The van der Waals surface area contributed by atoms with Crippen LogP contribution in [0.15, 0.2) is 0 Å². The molecule has 0 aliphatic rings. The van der Waals surface area contributed by atoms with Crippen molar-refractivity contribution in [2.75, 3.05) is 39.6 Å². The molecule has 0 radical (unpaired) electrons. The molecule has 0 saturated carbocycles. The Morgan fingerprint density at radius 2 is 0.505 bits per heavy atom. The van der Waals surface area contributed by atoms with Crippen LogP contribution in [0, 0.1) is 23.7 Å². The van der Waals surface area contributed by atoms with E-state index in [0.29, 0.717) is 25.7 Å². The van der Waals surface area contributed by atoms with E-state index in [1.54, 1.807) is 0 Å². The molecule has 0 saturated heterocycles. The van der Waals surface area contributed by atoms with Gasteiger partial charge in [0.2, 0.25) is 0 Å². The topological polar surface area (TPSA) is 237 Å². The van der Waals surface area contributed by atoms with Crippen LogP contribution < -0.4 is 0 Å². The van der Waals surface area contributed by atoms with Crippen molar-refractivity contribution in [2.24, 2.45) is 23.7 Å². The summed E-state index contributed by atoms with van der Waals surface area (Å²) in [6.45, 7) is 14.2. The lowest BCUT2D eigenvalue weighted by Gasteiger charge is -2.21. The van der Waals surface area contributed by atoms with Crippen LogP contribution in [0.4, 0.5) is 0 Å². The van der Waals surface area contributed by atoms with Crippen molar-refractivity contribution >= 4 is 39.5 Å². The fraction of sp³-hybridized carbons (Fsp3) is 0.947. The van der Waals surface area contributed by atoms with Gasteiger partial charge in [0.15, 0.2) is 12.2 Å². The van der Waals surface area contributed by atoms with Gasteiger partial charge in [-0.05, 0) is 49.4 Å². The highest BCUT2D eigenvalue weighted by molar-refractivity contribution is 7.47. The molecule has 0 heterocycles. The second-order valence-corrected chi connectivity index (χ2v) is 32.0. The zero-order chi connectivity index (χ0) is 70.3. The first-order chi connectivity index (χ1) is 45.6. The Balaban J connectivity index is 5.26. The summed E-state index contributed by atoms with van der Waals surface area (Å²) in [4.78, 5) is 72.8. The summed E-state index contributed by atoms with van der Waals surface area (Å²) in [5.74, 6) is 0.939. The summed E-state index contributed by atoms with van der Waals surface area (Å²) in [5.41, 5.74) is 0. The minimum atomic E-state index is -4.96. The van der Waals surface area contributed by atoms with Gasteiger partial charge in [-0.1, -0.05) is 331 Å². The van der Waals surface area contributed by atoms with Crippen molar-refractivity contribution in [1.29, 1.82) is 0 Å². The highest BCUT2D eigenvalue weighted by Crippen LogP contribution is 2.45. The SMILES string of the molecule is CCC(C)CCCCCCCCC(=O)OC[C@H](COP(=O)(O)OC[C@H](O)COP(=O)(O)OC[C@@H](COC(=O)CCCCCCCCCCCCCCCC(C)C)OC(=O)CCCCCCCCCCCCCCCC(C)C)OC(=O)CCCCCCCCCCCCC(C)C. The first-order valence-corrected chi connectivity index (χ1v) is 42.2. The summed E-state index contributed by atoms with van der Waals surface area (Å²) in [7, 11) is -9.91. The molecular formula is C76H148O17P2. The van der Waals surface area contributed by atoms with Crippen molar-refractivity contribution in [1.82, 2.24) is 0 Å². The van der Waals surface area contributed by atoms with E-state index in [9.17, 15) is 43.2 Å². The predicted octanol–water partition coefficient (Wildman–Crippen LogP) is 22.0. The summed E-state index contributed by atoms with van der Waals surface area (Å²) in [6.07, 6.45) is 49.9. The zero-order valence-electron chi connectivity index (χ0n) is 62.3. The van der Waals surface area contributed by atoms with E-state index in [-0.39, 0.29) is 25.7 Å². The van der Waals surface area contributed by atoms with Gasteiger partial charge in [-0.2, -0.15) is 0 Å². The normalized spacial score (nSPS) is 14.4. The zero-order valence-corrected chi connectivity index (χ0v) is 64.1. The molecule has 6 atom stereocenters. The van der Waals surface area contributed by atoms with E-state index >= 15 is 0 Å². The molecule has 0 spiro atoms. The fourth-order valence-corrected chi connectivity index (χ4v) is 13.1. The average molecular weight is 1400 g/mol. The predicted molar refractivity (Wildman–Crippen MR) is 386 cm³/mol. The fourth-order valence-electron chi connectivity index (χ4n) is 11.5. The number of hydrogen-bond acceptors (Lipinski definition) is 15. The Kier molecular flexibility index (Phi) is 64.0. The van der Waals surface area contributed by atoms with Crippen molar-refractivity contribution in [2.45, 2.75) is 401 Å². The van der Waals surface area contributed by atoms with Gasteiger partial charge in [0.05, 0.1) is 26.4 Å². The maximum atomic E-state index is 13.1. The van der Waals surface area contributed by atoms with E-state index in [1.165, 1.54) is 180 Å². The molecular weight excluding hydrogens is 1250 g/mol. The number of hydrogen-bond donors (Lipinski definition) is 3. The Hall–Kier alpha value is -1.94. The highest BCUT2D eigenvalue weighted by atomic mass is 31.2. The monoisotopic (exact) mass is 1400 g/mol. The molecule has 0 amide bonds. The van der Waals surface area contributed by atoms with Crippen LogP contribution in [-0.2, 0) is 65.4 Å². The maximum Gasteiger partial charge on any atom is 0.472 e. The standard InChI is InChI=1S/C76H148O17P2/c1-9-69(8)55-47-39-34-35-41-49-57-74(79)87-63-72(93-76(81)59-51-43-33-27-21-20-24-30-38-46-54-68(6)7)65-91-95(84,85)89-61-70(77)60-88-94(82,83)90-64-71(92-75(80)58-50-42-32-26-19-15-11-13-17-23-29-37-45-53-67(4)5)62-86-73(78)56-48-40-31-25-18-14-10-12-16-22-28-36-44-52-66(2)3/h66-72,77H,9-65H2,1-8H3,(H,82,83)(H,84,85)/t69?,70-,71-,72-/m1/s1. The number of aliphatic hydroxyl groups is 1. The molecule has 0 aliphatic carbocycles. The van der Waals surface area contributed by atoms with Crippen LogP contribution in [0.25, 0.3) is 0 Å². The molecule has 0 rings (SSSR count). The van der Waals surface area contributed by atoms with Crippen molar-refractivity contribution in [3.63, 3.8) is 0 Å².